The van der Waals surface area contributed by atoms with Gasteiger partial charge in [-0.15, -0.1) is 6.42 Å². The van der Waals surface area contributed by atoms with E-state index < -0.39 is 6.10 Å². The molecule has 0 heterocycles. The Morgan fingerprint density at radius 2 is 1.90 bits per heavy atom. The summed E-state index contributed by atoms with van der Waals surface area (Å²) in [6.07, 6.45) is 7.46. The van der Waals surface area contributed by atoms with E-state index in [1.165, 1.54) is 0 Å². The molecule has 1 atom stereocenters. The van der Waals surface area contributed by atoms with Crippen LogP contribution in [-0.4, -0.2) is 11.2 Å². The SMILES string of the molecule is C#CC(O)CC(CC)CC. The van der Waals surface area contributed by atoms with Gasteiger partial charge < -0.3 is 5.11 Å². The van der Waals surface area contributed by atoms with E-state index in [0.717, 1.165) is 19.3 Å². The number of terminal acetylenes is 1. The number of hydrogen-bond donors (Lipinski definition) is 1. The topological polar surface area (TPSA) is 20.2 Å². The molecule has 58 valence electrons. The van der Waals surface area contributed by atoms with E-state index >= 15 is 0 Å². The molecule has 0 bridgehead atoms. The maximum Gasteiger partial charge on any atom is 0.114 e. The molecule has 10 heavy (non-hydrogen) atoms. The molecular weight excluding hydrogens is 124 g/mol. The smallest absolute Gasteiger partial charge is 0.114 e. The van der Waals surface area contributed by atoms with Crippen LogP contribution < -0.4 is 0 Å². The molecule has 0 saturated carbocycles. The van der Waals surface area contributed by atoms with Gasteiger partial charge in [0.05, 0.1) is 0 Å². The standard InChI is InChI=1S/C9H16O/c1-4-8(5-2)7-9(10)6-3/h3,8-10H,4-5,7H2,1-2H3. The molecule has 1 heteroatoms. The summed E-state index contributed by atoms with van der Waals surface area (Å²) in [6, 6.07) is 0. The molecule has 0 aliphatic carbocycles. The van der Waals surface area contributed by atoms with Gasteiger partial charge in [0.2, 0.25) is 0 Å². The first-order chi connectivity index (χ1) is 4.74. The van der Waals surface area contributed by atoms with Gasteiger partial charge in [-0.25, -0.2) is 0 Å². The largest absolute Gasteiger partial charge is 0.380 e. The Kier molecular flexibility index (Phi) is 5.06. The third-order valence-corrected chi connectivity index (χ3v) is 1.90. The monoisotopic (exact) mass is 140 g/mol. The third kappa shape index (κ3) is 3.53. The Morgan fingerprint density at radius 1 is 1.40 bits per heavy atom. The molecular formula is C9H16O. The first-order valence-electron chi connectivity index (χ1n) is 3.88. The number of hydrogen-bond acceptors (Lipinski definition) is 1. The van der Waals surface area contributed by atoms with Crippen molar-refractivity contribution >= 4 is 0 Å². The van der Waals surface area contributed by atoms with E-state index in [-0.39, 0.29) is 0 Å². The van der Waals surface area contributed by atoms with Gasteiger partial charge in [-0.3, -0.25) is 0 Å². The Morgan fingerprint density at radius 3 is 2.20 bits per heavy atom. The molecule has 0 aliphatic rings. The summed E-state index contributed by atoms with van der Waals surface area (Å²) >= 11 is 0. The second-order valence-corrected chi connectivity index (χ2v) is 2.60. The Hall–Kier alpha value is -0.480. The second kappa shape index (κ2) is 5.32. The minimum Gasteiger partial charge on any atom is -0.380 e. The van der Waals surface area contributed by atoms with Crippen LogP contribution in [-0.2, 0) is 0 Å². The Bertz CT molecular complexity index is 108. The van der Waals surface area contributed by atoms with Gasteiger partial charge in [0, 0.05) is 0 Å². The van der Waals surface area contributed by atoms with Crippen molar-refractivity contribution in [2.45, 2.75) is 39.2 Å². The average molecular weight is 140 g/mol. The van der Waals surface area contributed by atoms with Crippen LogP contribution in [0.2, 0.25) is 0 Å². The van der Waals surface area contributed by atoms with E-state index in [0.29, 0.717) is 5.92 Å². The highest BCUT2D eigenvalue weighted by Crippen LogP contribution is 2.13. The first kappa shape index (κ1) is 9.52. The first-order valence-corrected chi connectivity index (χ1v) is 3.88. The van der Waals surface area contributed by atoms with E-state index in [2.05, 4.69) is 19.8 Å². The summed E-state index contributed by atoms with van der Waals surface area (Å²) in [5.41, 5.74) is 0. The normalized spacial score (nSPS) is 13.1. The lowest BCUT2D eigenvalue weighted by atomic mass is 9.96. The van der Waals surface area contributed by atoms with Crippen molar-refractivity contribution in [2.75, 3.05) is 0 Å². The molecule has 0 amide bonds. The molecule has 0 rings (SSSR count). The third-order valence-electron chi connectivity index (χ3n) is 1.90. The average Bonchev–Trinajstić information content (AvgIpc) is 1.99. The van der Waals surface area contributed by atoms with Gasteiger partial charge in [0.1, 0.15) is 6.10 Å². The van der Waals surface area contributed by atoms with Gasteiger partial charge in [-0.1, -0.05) is 32.6 Å². The molecule has 1 unspecified atom stereocenters. The summed E-state index contributed by atoms with van der Waals surface area (Å²) < 4.78 is 0. The maximum absolute atomic E-state index is 9.05. The van der Waals surface area contributed by atoms with Crippen LogP contribution >= 0.6 is 0 Å². The number of rotatable bonds is 4. The highest BCUT2D eigenvalue weighted by atomic mass is 16.3. The van der Waals surface area contributed by atoms with E-state index in [1.54, 1.807) is 0 Å². The van der Waals surface area contributed by atoms with Gasteiger partial charge in [-0.05, 0) is 12.3 Å². The quantitative estimate of drug-likeness (QED) is 0.590. The fourth-order valence-electron chi connectivity index (χ4n) is 1.01. The fourth-order valence-corrected chi connectivity index (χ4v) is 1.01. The molecule has 0 fully saturated rings. The lowest BCUT2D eigenvalue weighted by molar-refractivity contribution is 0.192. The molecule has 1 N–H and O–H groups in total. The summed E-state index contributed by atoms with van der Waals surface area (Å²) in [7, 11) is 0. The van der Waals surface area contributed by atoms with Gasteiger partial charge >= 0.3 is 0 Å². The van der Waals surface area contributed by atoms with E-state index in [4.69, 9.17) is 11.5 Å². The Labute approximate surface area is 63.5 Å². The number of aliphatic hydroxyl groups excluding tert-OH is 1. The van der Waals surface area contributed by atoms with Crippen molar-refractivity contribution < 1.29 is 5.11 Å². The van der Waals surface area contributed by atoms with Crippen molar-refractivity contribution in [2.24, 2.45) is 5.92 Å². The summed E-state index contributed by atoms with van der Waals surface area (Å²) in [5, 5.41) is 9.05. The van der Waals surface area contributed by atoms with Crippen molar-refractivity contribution in [3.05, 3.63) is 0 Å². The zero-order chi connectivity index (χ0) is 7.98. The minimum atomic E-state index is -0.537. The lowest BCUT2D eigenvalue weighted by Crippen LogP contribution is -2.09. The van der Waals surface area contributed by atoms with Crippen LogP contribution in [0.5, 0.6) is 0 Å². The zero-order valence-electron chi connectivity index (χ0n) is 6.80. The minimum absolute atomic E-state index is 0.537. The van der Waals surface area contributed by atoms with Crippen LogP contribution in [0.3, 0.4) is 0 Å². The predicted molar refractivity (Wildman–Crippen MR) is 43.5 cm³/mol. The summed E-state index contributed by atoms with van der Waals surface area (Å²) in [6.45, 7) is 4.24. The molecule has 0 aromatic rings. The van der Waals surface area contributed by atoms with Crippen molar-refractivity contribution in [1.29, 1.82) is 0 Å². The fraction of sp³-hybridized carbons (Fsp3) is 0.778. The van der Waals surface area contributed by atoms with Crippen LogP contribution in [0.25, 0.3) is 0 Å². The van der Waals surface area contributed by atoms with Crippen LogP contribution in [0.15, 0.2) is 0 Å². The lowest BCUT2D eigenvalue weighted by Gasteiger charge is -2.12. The second-order valence-electron chi connectivity index (χ2n) is 2.60. The van der Waals surface area contributed by atoms with Crippen LogP contribution in [0.4, 0.5) is 0 Å². The van der Waals surface area contributed by atoms with E-state index in [1.807, 2.05) is 0 Å². The van der Waals surface area contributed by atoms with Gasteiger partial charge in [0.25, 0.3) is 0 Å². The van der Waals surface area contributed by atoms with Gasteiger partial charge in [-0.2, -0.15) is 0 Å². The summed E-state index contributed by atoms with van der Waals surface area (Å²) in [5.74, 6) is 2.91. The van der Waals surface area contributed by atoms with Crippen LogP contribution in [0.1, 0.15) is 33.1 Å². The molecule has 0 spiro atoms. The van der Waals surface area contributed by atoms with Crippen LogP contribution in [0, 0.1) is 18.3 Å². The highest BCUT2D eigenvalue weighted by molar-refractivity contribution is 4.93. The van der Waals surface area contributed by atoms with E-state index in [9.17, 15) is 0 Å². The molecule has 0 aliphatic heterocycles. The molecule has 0 aromatic heterocycles. The van der Waals surface area contributed by atoms with Crippen molar-refractivity contribution in [1.82, 2.24) is 0 Å². The zero-order valence-corrected chi connectivity index (χ0v) is 6.80. The predicted octanol–water partition coefficient (Wildman–Crippen LogP) is 1.81. The molecule has 0 aromatic carbocycles. The van der Waals surface area contributed by atoms with Crippen molar-refractivity contribution in [3.63, 3.8) is 0 Å². The summed E-state index contributed by atoms with van der Waals surface area (Å²) in [4.78, 5) is 0. The maximum atomic E-state index is 9.05. The van der Waals surface area contributed by atoms with Gasteiger partial charge in [0.15, 0.2) is 0 Å². The Balaban J connectivity index is 3.54. The van der Waals surface area contributed by atoms with Crippen molar-refractivity contribution in [3.8, 4) is 12.3 Å². The molecule has 0 saturated heterocycles. The molecule has 1 nitrogen and oxygen atoms in total. The highest BCUT2D eigenvalue weighted by Gasteiger charge is 2.07. The number of aliphatic hydroxyl groups is 1. The molecule has 0 radical (unpaired) electrons.